The van der Waals surface area contributed by atoms with Gasteiger partial charge < -0.3 is 14.2 Å². The number of unbranched alkanes of at least 4 members (excludes halogenated alkanes) is 1. The normalized spacial score (nSPS) is 15.6. The van der Waals surface area contributed by atoms with E-state index in [0.717, 1.165) is 53.2 Å². The van der Waals surface area contributed by atoms with Gasteiger partial charge in [-0.1, -0.05) is 49.7 Å². The molecule has 0 N–H and O–H groups in total. The van der Waals surface area contributed by atoms with E-state index in [1.807, 2.05) is 11.0 Å². The van der Waals surface area contributed by atoms with Gasteiger partial charge in [0.1, 0.15) is 11.6 Å². The topological polar surface area (TPSA) is 47.4 Å². The summed E-state index contributed by atoms with van der Waals surface area (Å²) in [6.07, 6.45) is 4.82. The quantitative estimate of drug-likeness (QED) is 0.223. The molecular formula is C32H37N3O2. The molecule has 2 heterocycles. The number of hydrogen-bond donors (Lipinski definition) is 0. The summed E-state index contributed by atoms with van der Waals surface area (Å²) in [5, 5.41) is 0. The Morgan fingerprint density at radius 1 is 1.00 bits per heavy atom. The summed E-state index contributed by atoms with van der Waals surface area (Å²) < 4.78 is 8.43. The van der Waals surface area contributed by atoms with Crippen LogP contribution >= 0.6 is 0 Å². The van der Waals surface area contributed by atoms with Crippen LogP contribution in [0.5, 0.6) is 5.75 Å². The number of aryl methyl sites for hydroxylation is 4. The molecule has 1 aromatic heterocycles. The molecule has 0 spiro atoms. The van der Waals surface area contributed by atoms with Crippen molar-refractivity contribution in [1.82, 2.24) is 9.55 Å². The molecule has 1 fully saturated rings. The van der Waals surface area contributed by atoms with Gasteiger partial charge in [0.15, 0.2) is 0 Å². The number of ether oxygens (including phenoxy) is 1. The zero-order valence-electron chi connectivity index (χ0n) is 22.2. The number of imidazole rings is 1. The van der Waals surface area contributed by atoms with Gasteiger partial charge in [0.2, 0.25) is 5.91 Å². The Bertz CT molecular complexity index is 1370. The van der Waals surface area contributed by atoms with Crippen LogP contribution in [0.2, 0.25) is 0 Å². The minimum Gasteiger partial charge on any atom is -0.493 e. The van der Waals surface area contributed by atoms with Crippen LogP contribution in [-0.2, 0) is 17.8 Å². The smallest absolute Gasteiger partial charge is 0.227 e. The lowest BCUT2D eigenvalue weighted by molar-refractivity contribution is -0.117. The molecule has 0 bridgehead atoms. The van der Waals surface area contributed by atoms with E-state index in [2.05, 4.69) is 86.0 Å². The third-order valence-electron chi connectivity index (χ3n) is 7.37. The van der Waals surface area contributed by atoms with Crippen LogP contribution in [0.1, 0.15) is 61.0 Å². The molecule has 1 atom stereocenters. The van der Waals surface area contributed by atoms with Crippen molar-refractivity contribution in [2.75, 3.05) is 18.1 Å². The monoisotopic (exact) mass is 495 g/mol. The van der Waals surface area contributed by atoms with Crippen LogP contribution in [0.15, 0.2) is 66.7 Å². The third-order valence-corrected chi connectivity index (χ3v) is 7.37. The lowest BCUT2D eigenvalue weighted by atomic mass is 10.1. The van der Waals surface area contributed by atoms with Gasteiger partial charge in [0.25, 0.3) is 0 Å². The van der Waals surface area contributed by atoms with Gasteiger partial charge in [-0.05, 0) is 80.1 Å². The highest BCUT2D eigenvalue weighted by atomic mass is 16.5. The molecule has 1 amide bonds. The number of para-hydroxylation sites is 2. The molecule has 1 saturated heterocycles. The first kappa shape index (κ1) is 25.1. The summed E-state index contributed by atoms with van der Waals surface area (Å²) in [5.41, 5.74) is 6.78. The number of amides is 1. The number of benzene rings is 3. The Morgan fingerprint density at radius 2 is 1.81 bits per heavy atom. The van der Waals surface area contributed by atoms with Gasteiger partial charge in [0.05, 0.1) is 17.6 Å². The van der Waals surface area contributed by atoms with Crippen LogP contribution in [0.3, 0.4) is 0 Å². The average molecular weight is 496 g/mol. The van der Waals surface area contributed by atoms with Crippen LogP contribution < -0.4 is 9.64 Å². The van der Waals surface area contributed by atoms with Crippen LogP contribution in [0.25, 0.3) is 11.0 Å². The molecule has 5 nitrogen and oxygen atoms in total. The number of aromatic nitrogens is 2. The van der Waals surface area contributed by atoms with Gasteiger partial charge in [-0.2, -0.15) is 0 Å². The fourth-order valence-corrected chi connectivity index (χ4v) is 5.26. The Balaban J connectivity index is 1.31. The molecule has 5 heteroatoms. The average Bonchev–Trinajstić information content (AvgIpc) is 3.48. The number of fused-ring (bicyclic) bond motifs is 1. The molecule has 192 valence electrons. The number of nitrogens with zero attached hydrogens (tertiary/aromatic N) is 3. The Hall–Kier alpha value is -3.60. The number of anilines is 1. The van der Waals surface area contributed by atoms with Gasteiger partial charge in [-0.15, -0.1) is 0 Å². The molecule has 5 rings (SSSR count). The van der Waals surface area contributed by atoms with Gasteiger partial charge in [0, 0.05) is 31.1 Å². The second-order valence-electron chi connectivity index (χ2n) is 10.3. The summed E-state index contributed by atoms with van der Waals surface area (Å²) in [4.78, 5) is 20.0. The molecule has 1 aliphatic rings. The molecule has 4 aromatic rings. The predicted octanol–water partition coefficient (Wildman–Crippen LogP) is 6.99. The Labute approximate surface area is 220 Å². The van der Waals surface area contributed by atoms with E-state index in [0.29, 0.717) is 19.6 Å². The maximum atomic E-state index is 13.1. The van der Waals surface area contributed by atoms with Crippen molar-refractivity contribution >= 4 is 22.6 Å². The maximum Gasteiger partial charge on any atom is 0.227 e. The maximum absolute atomic E-state index is 13.1. The fraction of sp³-hybridized carbons (Fsp3) is 0.375. The van der Waals surface area contributed by atoms with Crippen molar-refractivity contribution in [1.29, 1.82) is 0 Å². The van der Waals surface area contributed by atoms with Crippen LogP contribution in [0.4, 0.5) is 5.69 Å². The fourth-order valence-electron chi connectivity index (χ4n) is 5.26. The van der Waals surface area contributed by atoms with Crippen molar-refractivity contribution in [3.05, 3.63) is 89.2 Å². The number of carbonyl (C=O) groups excluding carboxylic acids is 1. The van der Waals surface area contributed by atoms with Crippen LogP contribution in [-0.4, -0.2) is 28.6 Å². The molecule has 1 aliphatic heterocycles. The van der Waals surface area contributed by atoms with Gasteiger partial charge in [-0.3, -0.25) is 4.79 Å². The summed E-state index contributed by atoms with van der Waals surface area (Å²) in [6.45, 7) is 8.48. The van der Waals surface area contributed by atoms with E-state index in [-0.39, 0.29) is 11.8 Å². The van der Waals surface area contributed by atoms with E-state index in [9.17, 15) is 4.79 Å². The van der Waals surface area contributed by atoms with Gasteiger partial charge in [-0.25, -0.2) is 4.98 Å². The molecule has 1 unspecified atom stereocenters. The standard InChI is InChI=1S/C32H37N3O2/c1-4-5-9-25-14-16-27(17-15-25)35-22-26(21-31(35)36)32-33-28-10-6-7-11-29(28)34(32)18-8-19-37-30-20-23(2)12-13-24(30)3/h6-7,10-17,20,26H,4-5,8-9,18-19,21-22H2,1-3H3. The summed E-state index contributed by atoms with van der Waals surface area (Å²) in [5.74, 6) is 2.19. The Kier molecular flexibility index (Phi) is 7.59. The molecular weight excluding hydrogens is 458 g/mol. The molecule has 0 saturated carbocycles. The zero-order valence-corrected chi connectivity index (χ0v) is 22.2. The predicted molar refractivity (Wildman–Crippen MR) is 151 cm³/mol. The van der Waals surface area contributed by atoms with Crippen molar-refractivity contribution in [2.24, 2.45) is 0 Å². The first-order chi connectivity index (χ1) is 18.0. The van der Waals surface area contributed by atoms with E-state index in [1.165, 1.54) is 24.0 Å². The zero-order chi connectivity index (χ0) is 25.8. The SMILES string of the molecule is CCCCc1ccc(N2CC(c3nc4ccccc4n3CCCOc3cc(C)ccc3C)CC2=O)cc1. The van der Waals surface area contributed by atoms with Crippen molar-refractivity contribution in [2.45, 2.75) is 65.3 Å². The second-order valence-corrected chi connectivity index (χ2v) is 10.3. The van der Waals surface area contributed by atoms with Gasteiger partial charge >= 0.3 is 0 Å². The van der Waals surface area contributed by atoms with Crippen molar-refractivity contribution in [3.63, 3.8) is 0 Å². The summed E-state index contributed by atoms with van der Waals surface area (Å²) >= 11 is 0. The van der Waals surface area contributed by atoms with Crippen LogP contribution in [0, 0.1) is 13.8 Å². The second kappa shape index (κ2) is 11.2. The largest absolute Gasteiger partial charge is 0.493 e. The lowest BCUT2D eigenvalue weighted by Gasteiger charge is -2.18. The van der Waals surface area contributed by atoms with E-state index in [4.69, 9.17) is 9.72 Å². The summed E-state index contributed by atoms with van der Waals surface area (Å²) in [6, 6.07) is 23.1. The molecule has 3 aromatic carbocycles. The molecule has 37 heavy (non-hydrogen) atoms. The van der Waals surface area contributed by atoms with E-state index in [1.54, 1.807) is 0 Å². The Morgan fingerprint density at radius 3 is 2.62 bits per heavy atom. The minimum atomic E-state index is 0.0691. The molecule has 0 aliphatic carbocycles. The lowest BCUT2D eigenvalue weighted by Crippen LogP contribution is -2.24. The highest BCUT2D eigenvalue weighted by Crippen LogP contribution is 2.33. The first-order valence-corrected chi connectivity index (χ1v) is 13.6. The highest BCUT2D eigenvalue weighted by molar-refractivity contribution is 5.96. The molecule has 0 radical (unpaired) electrons. The highest BCUT2D eigenvalue weighted by Gasteiger charge is 2.34. The minimum absolute atomic E-state index is 0.0691. The number of hydrogen-bond acceptors (Lipinski definition) is 3. The number of rotatable bonds is 10. The summed E-state index contributed by atoms with van der Waals surface area (Å²) in [7, 11) is 0. The van der Waals surface area contributed by atoms with Crippen molar-refractivity contribution in [3.8, 4) is 5.75 Å². The number of carbonyl (C=O) groups is 1. The first-order valence-electron chi connectivity index (χ1n) is 13.6. The van der Waals surface area contributed by atoms with E-state index >= 15 is 0 Å². The third kappa shape index (κ3) is 5.56. The van der Waals surface area contributed by atoms with E-state index < -0.39 is 0 Å². The van der Waals surface area contributed by atoms with Crippen molar-refractivity contribution < 1.29 is 9.53 Å².